The van der Waals surface area contributed by atoms with E-state index in [1.54, 1.807) is 84.6 Å². The highest BCUT2D eigenvalue weighted by Crippen LogP contribution is 2.19. The minimum atomic E-state index is -3.74. The molecule has 0 saturated heterocycles. The maximum atomic E-state index is 13.5. The van der Waals surface area contributed by atoms with E-state index in [0.717, 1.165) is 5.56 Å². The average Bonchev–Trinajstić information content (AvgIpc) is 2.82. The van der Waals surface area contributed by atoms with Crippen LogP contribution in [0, 0.1) is 6.92 Å². The van der Waals surface area contributed by atoms with E-state index >= 15 is 0 Å². The zero-order chi connectivity index (χ0) is 24.9. The third-order valence-corrected chi connectivity index (χ3v) is 7.09. The first-order chi connectivity index (χ1) is 16.1. The molecule has 178 valence electrons. The molecule has 0 aromatic heterocycles. The van der Waals surface area contributed by atoms with Crippen molar-refractivity contribution >= 4 is 21.7 Å². The summed E-state index contributed by atoms with van der Waals surface area (Å²) in [7, 11) is -3.74. The molecule has 7 heteroatoms. The van der Waals surface area contributed by atoms with Crippen molar-refractivity contribution in [3.63, 3.8) is 0 Å². The summed E-state index contributed by atoms with van der Waals surface area (Å²) in [5.74, 6) is -0.558. The second kappa shape index (κ2) is 10.8. The summed E-state index contributed by atoms with van der Waals surface area (Å²) in [6.07, 6.45) is 0. The maximum absolute atomic E-state index is 13.5. The standard InChI is InChI=1S/C27H30N2O4S/c1-19(2)29(18-21(4)28-34(32,33)23-16-14-20(3)15-17-23)27(31)25-13-9-8-12-24(25)26(30)22-10-6-5-7-11-22/h5-17,19,21,28H,18H2,1-4H3. The quantitative estimate of drug-likeness (QED) is 0.461. The van der Waals surface area contributed by atoms with Crippen molar-refractivity contribution < 1.29 is 18.0 Å². The fourth-order valence-corrected chi connectivity index (χ4v) is 4.91. The molecular weight excluding hydrogens is 448 g/mol. The predicted octanol–water partition coefficient (Wildman–Crippen LogP) is 4.44. The second-order valence-electron chi connectivity index (χ2n) is 8.63. The van der Waals surface area contributed by atoms with Gasteiger partial charge in [0.25, 0.3) is 5.91 Å². The first-order valence-electron chi connectivity index (χ1n) is 11.2. The number of carbonyl (C=O) groups is 2. The van der Waals surface area contributed by atoms with Crippen LogP contribution in [-0.2, 0) is 10.0 Å². The Kier molecular flexibility index (Phi) is 8.02. The number of rotatable bonds is 9. The zero-order valence-corrected chi connectivity index (χ0v) is 20.7. The van der Waals surface area contributed by atoms with Crippen molar-refractivity contribution in [2.75, 3.05) is 6.54 Å². The molecule has 3 rings (SSSR count). The molecule has 3 aromatic rings. The van der Waals surface area contributed by atoms with Crippen LogP contribution in [0.4, 0.5) is 0 Å². The number of hydrogen-bond acceptors (Lipinski definition) is 4. The van der Waals surface area contributed by atoms with E-state index in [1.165, 1.54) is 0 Å². The Labute approximate surface area is 201 Å². The number of nitrogens with zero attached hydrogens (tertiary/aromatic N) is 1. The Morgan fingerprint density at radius 2 is 1.38 bits per heavy atom. The molecule has 1 N–H and O–H groups in total. The van der Waals surface area contributed by atoms with Crippen LogP contribution in [0.1, 0.15) is 52.6 Å². The van der Waals surface area contributed by atoms with Gasteiger partial charge in [0.1, 0.15) is 0 Å². The summed E-state index contributed by atoms with van der Waals surface area (Å²) < 4.78 is 28.2. The average molecular weight is 479 g/mol. The lowest BCUT2D eigenvalue weighted by atomic mass is 9.97. The van der Waals surface area contributed by atoms with Crippen molar-refractivity contribution in [2.45, 2.75) is 44.7 Å². The number of sulfonamides is 1. The predicted molar refractivity (Wildman–Crippen MR) is 133 cm³/mol. The van der Waals surface area contributed by atoms with Gasteiger partial charge in [-0.3, -0.25) is 9.59 Å². The van der Waals surface area contributed by atoms with Crippen LogP contribution in [0.3, 0.4) is 0 Å². The molecule has 1 unspecified atom stereocenters. The van der Waals surface area contributed by atoms with Crippen LogP contribution < -0.4 is 4.72 Å². The topological polar surface area (TPSA) is 83.6 Å². The van der Waals surface area contributed by atoms with Crippen molar-refractivity contribution in [3.05, 3.63) is 101 Å². The van der Waals surface area contributed by atoms with Crippen LogP contribution >= 0.6 is 0 Å². The Hall–Kier alpha value is -3.29. The largest absolute Gasteiger partial charge is 0.335 e. The van der Waals surface area contributed by atoms with Gasteiger partial charge in [-0.05, 0) is 45.9 Å². The minimum Gasteiger partial charge on any atom is -0.335 e. The Morgan fingerprint density at radius 3 is 1.97 bits per heavy atom. The lowest BCUT2D eigenvalue weighted by Gasteiger charge is -2.30. The van der Waals surface area contributed by atoms with Gasteiger partial charge in [-0.15, -0.1) is 0 Å². The first-order valence-corrected chi connectivity index (χ1v) is 12.7. The van der Waals surface area contributed by atoms with Gasteiger partial charge < -0.3 is 4.90 Å². The second-order valence-corrected chi connectivity index (χ2v) is 10.3. The van der Waals surface area contributed by atoms with Crippen LogP contribution in [0.2, 0.25) is 0 Å². The molecule has 0 aliphatic heterocycles. The molecular formula is C27H30N2O4S. The van der Waals surface area contributed by atoms with E-state index in [9.17, 15) is 18.0 Å². The van der Waals surface area contributed by atoms with Gasteiger partial charge in [-0.25, -0.2) is 13.1 Å². The summed E-state index contributed by atoms with van der Waals surface area (Å²) >= 11 is 0. The third-order valence-electron chi connectivity index (χ3n) is 5.48. The monoisotopic (exact) mass is 478 g/mol. The van der Waals surface area contributed by atoms with Crippen LogP contribution in [0.15, 0.2) is 83.8 Å². The summed E-state index contributed by atoms with van der Waals surface area (Å²) in [6, 6.07) is 21.4. The number of aryl methyl sites for hydroxylation is 1. The molecule has 0 bridgehead atoms. The van der Waals surface area contributed by atoms with Gasteiger partial charge in [0.05, 0.1) is 10.5 Å². The van der Waals surface area contributed by atoms with Crippen molar-refractivity contribution in [1.29, 1.82) is 0 Å². The molecule has 34 heavy (non-hydrogen) atoms. The fourth-order valence-electron chi connectivity index (χ4n) is 3.68. The molecule has 3 aromatic carbocycles. The molecule has 0 saturated carbocycles. The fraction of sp³-hybridized carbons (Fsp3) is 0.259. The molecule has 1 atom stereocenters. The van der Waals surface area contributed by atoms with E-state index in [4.69, 9.17) is 0 Å². The van der Waals surface area contributed by atoms with Crippen molar-refractivity contribution in [2.24, 2.45) is 0 Å². The highest BCUT2D eigenvalue weighted by molar-refractivity contribution is 7.89. The van der Waals surface area contributed by atoms with Crippen LogP contribution in [0.25, 0.3) is 0 Å². The van der Waals surface area contributed by atoms with E-state index in [0.29, 0.717) is 16.7 Å². The van der Waals surface area contributed by atoms with E-state index in [2.05, 4.69) is 4.72 Å². The summed E-state index contributed by atoms with van der Waals surface area (Å²) in [6.45, 7) is 7.48. The summed E-state index contributed by atoms with van der Waals surface area (Å²) in [4.78, 5) is 28.4. The number of carbonyl (C=O) groups excluding carboxylic acids is 2. The maximum Gasteiger partial charge on any atom is 0.254 e. The number of ketones is 1. The summed E-state index contributed by atoms with van der Waals surface area (Å²) in [5.41, 5.74) is 2.07. The highest BCUT2D eigenvalue weighted by atomic mass is 32.2. The molecule has 1 amide bonds. The number of nitrogens with one attached hydrogen (secondary N) is 1. The van der Waals surface area contributed by atoms with Crippen molar-refractivity contribution in [1.82, 2.24) is 9.62 Å². The third kappa shape index (κ3) is 5.98. The van der Waals surface area contributed by atoms with Gasteiger partial charge in [-0.2, -0.15) is 0 Å². The smallest absolute Gasteiger partial charge is 0.254 e. The Balaban J connectivity index is 1.83. The molecule has 0 radical (unpaired) electrons. The molecule has 0 aliphatic carbocycles. The minimum absolute atomic E-state index is 0.148. The summed E-state index contributed by atoms with van der Waals surface area (Å²) in [5, 5.41) is 0. The van der Waals surface area contributed by atoms with E-state index < -0.39 is 16.1 Å². The Bertz CT molecular complexity index is 1250. The van der Waals surface area contributed by atoms with Gasteiger partial charge >= 0.3 is 0 Å². The Morgan fingerprint density at radius 1 is 0.824 bits per heavy atom. The molecule has 0 heterocycles. The molecule has 0 aliphatic rings. The SMILES string of the molecule is Cc1ccc(S(=O)(=O)NC(C)CN(C(=O)c2ccccc2C(=O)c2ccccc2)C(C)C)cc1. The normalized spacial score (nSPS) is 12.4. The van der Waals surface area contributed by atoms with Gasteiger partial charge in [0.15, 0.2) is 5.78 Å². The van der Waals surface area contributed by atoms with E-state index in [-0.39, 0.29) is 29.2 Å². The first kappa shape index (κ1) is 25.3. The number of benzene rings is 3. The van der Waals surface area contributed by atoms with Gasteiger partial charge in [-0.1, -0.05) is 66.2 Å². The molecule has 0 fully saturated rings. The van der Waals surface area contributed by atoms with Crippen molar-refractivity contribution in [3.8, 4) is 0 Å². The number of hydrogen-bond donors (Lipinski definition) is 1. The van der Waals surface area contributed by atoms with Crippen LogP contribution in [-0.4, -0.2) is 43.6 Å². The van der Waals surface area contributed by atoms with Crippen LogP contribution in [0.5, 0.6) is 0 Å². The molecule has 6 nitrogen and oxygen atoms in total. The lowest BCUT2D eigenvalue weighted by molar-refractivity contribution is 0.0689. The highest BCUT2D eigenvalue weighted by Gasteiger charge is 2.27. The van der Waals surface area contributed by atoms with E-state index in [1.807, 2.05) is 26.8 Å². The van der Waals surface area contributed by atoms with Gasteiger partial charge in [0.2, 0.25) is 10.0 Å². The number of amides is 1. The molecule has 0 spiro atoms. The van der Waals surface area contributed by atoms with Gasteiger partial charge in [0, 0.05) is 29.8 Å². The lowest BCUT2D eigenvalue weighted by Crippen LogP contribution is -2.47. The zero-order valence-electron chi connectivity index (χ0n) is 19.9.